The summed E-state index contributed by atoms with van der Waals surface area (Å²) in [6.07, 6.45) is 1.74. The molecule has 0 atom stereocenters. The summed E-state index contributed by atoms with van der Waals surface area (Å²) in [4.78, 5) is 7.11. The van der Waals surface area contributed by atoms with Crippen LogP contribution in [-0.4, -0.2) is 49.1 Å². The van der Waals surface area contributed by atoms with E-state index in [1.54, 1.807) is 6.20 Å². The van der Waals surface area contributed by atoms with Crippen LogP contribution in [0.1, 0.15) is 11.5 Å². The van der Waals surface area contributed by atoms with Crippen LogP contribution < -0.4 is 5.32 Å². The summed E-state index contributed by atoms with van der Waals surface area (Å²) < 4.78 is 24.1. The normalized spacial score (nSPS) is 12.2. The first kappa shape index (κ1) is 13.1. The molecule has 1 aromatic rings. The number of aromatic amines is 1. The highest BCUT2D eigenvalue weighted by atomic mass is 32.2. The van der Waals surface area contributed by atoms with Gasteiger partial charge in [-0.15, -0.1) is 0 Å². The van der Waals surface area contributed by atoms with E-state index in [9.17, 15) is 8.42 Å². The number of aromatic nitrogens is 2. The fourth-order valence-corrected chi connectivity index (χ4v) is 1.94. The molecule has 0 spiro atoms. The summed E-state index contributed by atoms with van der Waals surface area (Å²) in [6.45, 7) is 2.91. The van der Waals surface area contributed by atoms with Crippen LogP contribution in [0.25, 0.3) is 0 Å². The van der Waals surface area contributed by atoms with E-state index in [0.29, 0.717) is 13.1 Å². The van der Waals surface area contributed by atoms with Gasteiger partial charge >= 0.3 is 0 Å². The molecular formula is C9H18N4O2S. The van der Waals surface area contributed by atoms with Gasteiger partial charge in [-0.25, -0.2) is 17.7 Å². The predicted molar refractivity (Wildman–Crippen MR) is 62.5 cm³/mol. The van der Waals surface area contributed by atoms with Crippen LogP contribution in [0.2, 0.25) is 0 Å². The standard InChI is InChI=1S/C9H18N4O2S/c1-8-11-7-9(12-8)6-10-4-5-16(14,15)13(2)3/h7,10H,4-6H2,1-3H3,(H,11,12). The molecule has 0 radical (unpaired) electrons. The number of hydrogen-bond donors (Lipinski definition) is 2. The Morgan fingerprint density at radius 3 is 2.69 bits per heavy atom. The summed E-state index contributed by atoms with van der Waals surface area (Å²) in [5, 5.41) is 3.05. The van der Waals surface area contributed by atoms with Gasteiger partial charge in [0.25, 0.3) is 0 Å². The van der Waals surface area contributed by atoms with Crippen molar-refractivity contribution in [3.05, 3.63) is 17.7 Å². The second-order valence-corrected chi connectivity index (χ2v) is 6.07. The molecule has 16 heavy (non-hydrogen) atoms. The first-order valence-electron chi connectivity index (χ1n) is 5.03. The number of hydrogen-bond acceptors (Lipinski definition) is 4. The molecule has 0 aliphatic rings. The van der Waals surface area contributed by atoms with Crippen molar-refractivity contribution in [3.63, 3.8) is 0 Å². The zero-order valence-corrected chi connectivity index (χ0v) is 10.6. The number of nitrogens with one attached hydrogen (secondary N) is 2. The van der Waals surface area contributed by atoms with E-state index >= 15 is 0 Å². The molecule has 2 N–H and O–H groups in total. The maximum absolute atomic E-state index is 11.4. The molecule has 0 aliphatic carbocycles. The Balaban J connectivity index is 2.27. The van der Waals surface area contributed by atoms with Crippen LogP contribution >= 0.6 is 0 Å². The van der Waals surface area contributed by atoms with Gasteiger partial charge in [0.15, 0.2) is 0 Å². The monoisotopic (exact) mass is 246 g/mol. The van der Waals surface area contributed by atoms with Gasteiger partial charge in [0.05, 0.1) is 5.75 Å². The molecule has 0 amide bonds. The molecule has 1 rings (SSSR count). The quantitative estimate of drug-likeness (QED) is 0.676. The molecule has 0 saturated heterocycles. The Labute approximate surface area is 96.1 Å². The summed E-state index contributed by atoms with van der Waals surface area (Å²) in [6, 6.07) is 0. The van der Waals surface area contributed by atoms with Crippen molar-refractivity contribution in [1.82, 2.24) is 19.6 Å². The molecule has 0 aliphatic heterocycles. The number of sulfonamides is 1. The Morgan fingerprint density at radius 1 is 1.50 bits per heavy atom. The molecule has 1 aromatic heterocycles. The second kappa shape index (κ2) is 5.42. The summed E-state index contributed by atoms with van der Waals surface area (Å²) >= 11 is 0. The van der Waals surface area contributed by atoms with Gasteiger partial charge in [-0.2, -0.15) is 0 Å². The van der Waals surface area contributed by atoms with E-state index in [1.807, 2.05) is 6.92 Å². The summed E-state index contributed by atoms with van der Waals surface area (Å²) in [7, 11) is -0.0318. The van der Waals surface area contributed by atoms with E-state index in [-0.39, 0.29) is 5.75 Å². The molecule has 0 saturated carbocycles. The smallest absolute Gasteiger partial charge is 0.214 e. The Kier molecular flexibility index (Phi) is 4.45. The molecule has 0 bridgehead atoms. The molecule has 7 heteroatoms. The van der Waals surface area contributed by atoms with E-state index in [1.165, 1.54) is 18.4 Å². The Hall–Kier alpha value is -0.920. The Morgan fingerprint density at radius 2 is 2.19 bits per heavy atom. The van der Waals surface area contributed by atoms with Crippen molar-refractivity contribution in [1.29, 1.82) is 0 Å². The Bertz CT molecular complexity index is 424. The summed E-state index contributed by atoms with van der Waals surface area (Å²) in [5.74, 6) is 0.963. The van der Waals surface area contributed by atoms with Gasteiger partial charge in [-0.3, -0.25) is 0 Å². The van der Waals surface area contributed by atoms with Crippen LogP contribution in [0.15, 0.2) is 6.20 Å². The van der Waals surface area contributed by atoms with Crippen molar-refractivity contribution in [2.24, 2.45) is 0 Å². The number of H-pyrrole nitrogens is 1. The minimum absolute atomic E-state index is 0.104. The third-order valence-corrected chi connectivity index (χ3v) is 4.00. The fraction of sp³-hybridized carbons (Fsp3) is 0.667. The highest BCUT2D eigenvalue weighted by Gasteiger charge is 2.12. The number of rotatable bonds is 6. The van der Waals surface area contributed by atoms with E-state index in [0.717, 1.165) is 11.5 Å². The zero-order valence-electron chi connectivity index (χ0n) is 9.82. The first-order chi connectivity index (χ1) is 7.42. The van der Waals surface area contributed by atoms with Crippen molar-refractivity contribution in [2.45, 2.75) is 13.5 Å². The molecule has 0 aromatic carbocycles. The van der Waals surface area contributed by atoms with Gasteiger partial charge in [0.2, 0.25) is 10.0 Å². The zero-order chi connectivity index (χ0) is 12.2. The largest absolute Gasteiger partial charge is 0.345 e. The van der Waals surface area contributed by atoms with Crippen LogP contribution in [0.4, 0.5) is 0 Å². The van der Waals surface area contributed by atoms with E-state index in [2.05, 4.69) is 15.3 Å². The van der Waals surface area contributed by atoms with Crippen LogP contribution in [0.5, 0.6) is 0 Å². The molecule has 92 valence electrons. The topological polar surface area (TPSA) is 78.1 Å². The lowest BCUT2D eigenvalue weighted by molar-refractivity contribution is 0.517. The van der Waals surface area contributed by atoms with Gasteiger partial charge < -0.3 is 10.3 Å². The predicted octanol–water partition coefficient (Wildman–Crippen LogP) is -0.301. The third kappa shape index (κ3) is 3.92. The van der Waals surface area contributed by atoms with Crippen molar-refractivity contribution < 1.29 is 8.42 Å². The highest BCUT2D eigenvalue weighted by Crippen LogP contribution is 1.95. The highest BCUT2D eigenvalue weighted by molar-refractivity contribution is 7.89. The van der Waals surface area contributed by atoms with Crippen LogP contribution in [0, 0.1) is 6.92 Å². The molecule has 0 fully saturated rings. The van der Waals surface area contributed by atoms with Gasteiger partial charge in [0, 0.05) is 39.1 Å². The van der Waals surface area contributed by atoms with Crippen LogP contribution in [0.3, 0.4) is 0 Å². The van der Waals surface area contributed by atoms with Gasteiger partial charge in [0.1, 0.15) is 5.82 Å². The van der Waals surface area contributed by atoms with Gasteiger partial charge in [-0.05, 0) is 6.92 Å². The SMILES string of the molecule is Cc1ncc(CNCCS(=O)(=O)N(C)C)[nH]1. The number of nitrogens with zero attached hydrogens (tertiary/aromatic N) is 2. The maximum atomic E-state index is 11.4. The number of imidazole rings is 1. The maximum Gasteiger partial charge on any atom is 0.214 e. The lowest BCUT2D eigenvalue weighted by Crippen LogP contribution is -2.31. The fourth-order valence-electron chi connectivity index (χ4n) is 1.17. The van der Waals surface area contributed by atoms with Crippen LogP contribution in [-0.2, 0) is 16.6 Å². The minimum atomic E-state index is -3.10. The van der Waals surface area contributed by atoms with E-state index < -0.39 is 10.0 Å². The lowest BCUT2D eigenvalue weighted by Gasteiger charge is -2.11. The average Bonchev–Trinajstić information content (AvgIpc) is 2.59. The lowest BCUT2D eigenvalue weighted by atomic mass is 10.5. The molecule has 6 nitrogen and oxygen atoms in total. The number of aryl methyl sites for hydroxylation is 1. The van der Waals surface area contributed by atoms with Gasteiger partial charge in [-0.1, -0.05) is 0 Å². The first-order valence-corrected chi connectivity index (χ1v) is 6.64. The molecule has 1 heterocycles. The molecule has 0 unspecified atom stereocenters. The van der Waals surface area contributed by atoms with E-state index in [4.69, 9.17) is 0 Å². The van der Waals surface area contributed by atoms with Crippen molar-refractivity contribution in [2.75, 3.05) is 26.4 Å². The third-order valence-electron chi connectivity index (χ3n) is 2.16. The van der Waals surface area contributed by atoms with Crippen molar-refractivity contribution in [3.8, 4) is 0 Å². The average molecular weight is 246 g/mol. The summed E-state index contributed by atoms with van der Waals surface area (Å²) in [5.41, 5.74) is 0.958. The van der Waals surface area contributed by atoms with Crippen molar-refractivity contribution >= 4 is 10.0 Å². The molecular weight excluding hydrogens is 228 g/mol. The second-order valence-electron chi connectivity index (χ2n) is 3.77. The minimum Gasteiger partial charge on any atom is -0.345 e.